The Hall–Kier alpha value is -0.120. The van der Waals surface area contributed by atoms with Crippen molar-refractivity contribution in [2.24, 2.45) is 5.92 Å². The Morgan fingerprint density at radius 1 is 1.33 bits per heavy atom. The van der Waals surface area contributed by atoms with Crippen molar-refractivity contribution in [1.82, 2.24) is 10.2 Å². The molecule has 1 fully saturated rings. The molecule has 0 aliphatic carbocycles. The Bertz CT molecular complexity index is 147. The lowest BCUT2D eigenvalue weighted by Gasteiger charge is -2.15. The summed E-state index contributed by atoms with van der Waals surface area (Å²) in [5.74, 6) is 0.599. The summed E-state index contributed by atoms with van der Waals surface area (Å²) in [7, 11) is 0. The van der Waals surface area contributed by atoms with Crippen LogP contribution >= 0.6 is 0 Å². The summed E-state index contributed by atoms with van der Waals surface area (Å²) in [4.78, 5) is 2.55. The highest BCUT2D eigenvalue weighted by atomic mass is 16.3. The number of hydrogen-bond donors (Lipinski definition) is 2. The molecule has 0 spiro atoms. The largest absolute Gasteiger partial charge is 0.396 e. The van der Waals surface area contributed by atoms with Gasteiger partial charge in [0.25, 0.3) is 0 Å². The van der Waals surface area contributed by atoms with Crippen LogP contribution in [0.3, 0.4) is 0 Å². The minimum absolute atomic E-state index is 0.316. The molecule has 15 heavy (non-hydrogen) atoms. The predicted octanol–water partition coefficient (Wildman–Crippen LogP) is 1.08. The molecule has 0 radical (unpaired) electrons. The first-order valence-corrected chi connectivity index (χ1v) is 6.37. The molecule has 3 heteroatoms. The van der Waals surface area contributed by atoms with Crippen LogP contribution in [0.5, 0.6) is 0 Å². The molecule has 0 aromatic carbocycles. The van der Waals surface area contributed by atoms with Crippen molar-refractivity contribution in [3.8, 4) is 0 Å². The molecule has 1 rings (SSSR count). The maximum absolute atomic E-state index is 8.75. The molecule has 0 aromatic rings. The van der Waals surface area contributed by atoms with Crippen molar-refractivity contribution in [1.29, 1.82) is 0 Å². The fourth-order valence-electron chi connectivity index (χ4n) is 2.10. The van der Waals surface area contributed by atoms with Crippen molar-refractivity contribution in [2.45, 2.75) is 32.6 Å². The maximum atomic E-state index is 8.75. The molecule has 1 aliphatic heterocycles. The third kappa shape index (κ3) is 6.13. The van der Waals surface area contributed by atoms with Gasteiger partial charge in [0, 0.05) is 6.61 Å². The van der Waals surface area contributed by atoms with Crippen molar-refractivity contribution in [3.63, 3.8) is 0 Å². The molecule has 90 valence electrons. The zero-order valence-electron chi connectivity index (χ0n) is 10.0. The Morgan fingerprint density at radius 2 is 2.07 bits per heavy atom. The minimum Gasteiger partial charge on any atom is -0.396 e. The average Bonchev–Trinajstić information content (AvgIpc) is 2.70. The minimum atomic E-state index is 0.316. The van der Waals surface area contributed by atoms with Crippen LogP contribution in [0.2, 0.25) is 0 Å². The molecule has 3 nitrogen and oxygen atoms in total. The van der Waals surface area contributed by atoms with Gasteiger partial charge in [-0.05, 0) is 64.3 Å². The van der Waals surface area contributed by atoms with Crippen LogP contribution in [-0.2, 0) is 0 Å². The highest BCUT2D eigenvalue weighted by Crippen LogP contribution is 2.06. The predicted molar refractivity (Wildman–Crippen MR) is 64.0 cm³/mol. The number of nitrogens with one attached hydrogen (secondary N) is 1. The van der Waals surface area contributed by atoms with Gasteiger partial charge in [-0.1, -0.05) is 6.92 Å². The standard InChI is InChI=1S/C12H26N2O/c1-12(5-10-15)11-13-6-4-9-14-7-2-3-8-14/h12-13,15H,2-11H2,1H3. The van der Waals surface area contributed by atoms with Gasteiger partial charge in [-0.3, -0.25) is 0 Å². The van der Waals surface area contributed by atoms with E-state index in [0.29, 0.717) is 12.5 Å². The van der Waals surface area contributed by atoms with Crippen LogP contribution in [0.15, 0.2) is 0 Å². The summed E-state index contributed by atoms with van der Waals surface area (Å²) < 4.78 is 0. The summed E-state index contributed by atoms with van der Waals surface area (Å²) in [5, 5.41) is 12.2. The van der Waals surface area contributed by atoms with E-state index in [0.717, 1.165) is 19.5 Å². The van der Waals surface area contributed by atoms with Gasteiger partial charge >= 0.3 is 0 Å². The molecule has 1 heterocycles. The number of aliphatic hydroxyl groups is 1. The van der Waals surface area contributed by atoms with E-state index in [9.17, 15) is 0 Å². The van der Waals surface area contributed by atoms with Crippen molar-refractivity contribution in [3.05, 3.63) is 0 Å². The molecule has 0 aromatic heterocycles. The van der Waals surface area contributed by atoms with E-state index < -0.39 is 0 Å². The average molecular weight is 214 g/mol. The van der Waals surface area contributed by atoms with Gasteiger partial charge in [0.05, 0.1) is 0 Å². The molecule has 1 atom stereocenters. The number of rotatable bonds is 8. The second-order valence-electron chi connectivity index (χ2n) is 4.72. The van der Waals surface area contributed by atoms with Crippen LogP contribution in [0.4, 0.5) is 0 Å². The third-order valence-electron chi connectivity index (χ3n) is 3.14. The first-order valence-electron chi connectivity index (χ1n) is 6.37. The quantitative estimate of drug-likeness (QED) is 0.594. The first kappa shape index (κ1) is 12.9. The molecule has 2 N–H and O–H groups in total. The first-order chi connectivity index (χ1) is 7.33. The molecule has 0 saturated carbocycles. The van der Waals surface area contributed by atoms with E-state index in [2.05, 4.69) is 17.1 Å². The molecule has 0 bridgehead atoms. The topological polar surface area (TPSA) is 35.5 Å². The lowest BCUT2D eigenvalue weighted by atomic mass is 10.1. The smallest absolute Gasteiger partial charge is 0.0434 e. The van der Waals surface area contributed by atoms with E-state index >= 15 is 0 Å². The Balaban J connectivity index is 1.84. The monoisotopic (exact) mass is 214 g/mol. The van der Waals surface area contributed by atoms with E-state index in [1.807, 2.05) is 0 Å². The Kier molecular flexibility index (Phi) is 6.98. The molecule has 1 saturated heterocycles. The van der Waals surface area contributed by atoms with Gasteiger partial charge in [-0.25, -0.2) is 0 Å². The number of likely N-dealkylation sites (tertiary alicyclic amines) is 1. The summed E-state index contributed by atoms with van der Waals surface area (Å²) in [5.41, 5.74) is 0. The lowest BCUT2D eigenvalue weighted by molar-refractivity contribution is 0.259. The number of aliphatic hydroxyl groups excluding tert-OH is 1. The van der Waals surface area contributed by atoms with Crippen molar-refractivity contribution < 1.29 is 5.11 Å². The zero-order chi connectivity index (χ0) is 10.9. The lowest BCUT2D eigenvalue weighted by Crippen LogP contribution is -2.27. The van der Waals surface area contributed by atoms with Gasteiger partial charge in [0.15, 0.2) is 0 Å². The zero-order valence-corrected chi connectivity index (χ0v) is 10.0. The summed E-state index contributed by atoms with van der Waals surface area (Å²) >= 11 is 0. The van der Waals surface area contributed by atoms with Crippen molar-refractivity contribution >= 4 is 0 Å². The summed E-state index contributed by atoms with van der Waals surface area (Å²) in [6.07, 6.45) is 4.95. The van der Waals surface area contributed by atoms with E-state index in [1.54, 1.807) is 0 Å². The van der Waals surface area contributed by atoms with Crippen LogP contribution in [0, 0.1) is 5.92 Å². The van der Waals surface area contributed by atoms with Gasteiger partial charge in [0.2, 0.25) is 0 Å². The highest BCUT2D eigenvalue weighted by molar-refractivity contribution is 4.66. The normalized spacial score (nSPS) is 19.6. The second-order valence-corrected chi connectivity index (χ2v) is 4.72. The molecule has 0 amide bonds. The Morgan fingerprint density at radius 3 is 2.73 bits per heavy atom. The van der Waals surface area contributed by atoms with Gasteiger partial charge in [-0.2, -0.15) is 0 Å². The van der Waals surface area contributed by atoms with Crippen LogP contribution in [-0.4, -0.2) is 49.3 Å². The molecular formula is C12H26N2O. The summed E-state index contributed by atoms with van der Waals surface area (Å²) in [6.45, 7) is 8.52. The summed E-state index contributed by atoms with van der Waals surface area (Å²) in [6, 6.07) is 0. The molecule has 1 aliphatic rings. The fraction of sp³-hybridized carbons (Fsp3) is 1.00. The number of nitrogens with zero attached hydrogens (tertiary/aromatic N) is 1. The van der Waals surface area contributed by atoms with Gasteiger partial charge in [0.1, 0.15) is 0 Å². The Labute approximate surface area is 93.9 Å². The maximum Gasteiger partial charge on any atom is 0.0434 e. The van der Waals surface area contributed by atoms with Crippen molar-refractivity contribution in [2.75, 3.05) is 39.3 Å². The van der Waals surface area contributed by atoms with Crippen LogP contribution in [0.25, 0.3) is 0 Å². The highest BCUT2D eigenvalue weighted by Gasteiger charge is 2.09. The molecule has 1 unspecified atom stereocenters. The van der Waals surface area contributed by atoms with E-state index in [4.69, 9.17) is 5.11 Å². The third-order valence-corrected chi connectivity index (χ3v) is 3.14. The van der Waals surface area contributed by atoms with Gasteiger partial charge < -0.3 is 15.3 Å². The fourth-order valence-corrected chi connectivity index (χ4v) is 2.10. The number of hydrogen-bond acceptors (Lipinski definition) is 3. The van der Waals surface area contributed by atoms with Crippen LogP contribution in [0.1, 0.15) is 32.6 Å². The molecular weight excluding hydrogens is 188 g/mol. The van der Waals surface area contributed by atoms with E-state index in [-0.39, 0.29) is 0 Å². The van der Waals surface area contributed by atoms with E-state index in [1.165, 1.54) is 38.9 Å². The van der Waals surface area contributed by atoms with Gasteiger partial charge in [-0.15, -0.1) is 0 Å². The van der Waals surface area contributed by atoms with Crippen LogP contribution < -0.4 is 5.32 Å². The second kappa shape index (κ2) is 8.08. The SMILES string of the molecule is CC(CCO)CNCCCN1CCCC1.